The molecule has 2 aliphatic rings. The second-order valence-electron chi connectivity index (χ2n) is 7.29. The summed E-state index contributed by atoms with van der Waals surface area (Å²) in [5.74, 6) is 0.484. The van der Waals surface area contributed by atoms with E-state index in [-0.39, 0.29) is 11.5 Å². The maximum atomic E-state index is 12.1. The zero-order valence-electron chi connectivity index (χ0n) is 13.1. The van der Waals surface area contributed by atoms with Crippen LogP contribution in [0.4, 0.5) is 4.79 Å². The Morgan fingerprint density at radius 1 is 1.29 bits per heavy atom. The molecular weight excluding hydrogens is 264 g/mol. The van der Waals surface area contributed by atoms with Gasteiger partial charge in [0.2, 0.25) is 0 Å². The normalized spacial score (nSPS) is 24.0. The van der Waals surface area contributed by atoms with Gasteiger partial charge in [-0.3, -0.25) is 0 Å². The van der Waals surface area contributed by atoms with Gasteiger partial charge in [0.15, 0.2) is 0 Å². The topological polar surface area (TPSA) is 41.6 Å². The highest BCUT2D eigenvalue weighted by Crippen LogP contribution is 2.46. The summed E-state index contributed by atoms with van der Waals surface area (Å²) in [6.07, 6.45) is -0.188. The molecule has 1 aromatic carbocycles. The number of benzene rings is 1. The molecule has 1 spiro atoms. The molecule has 2 fully saturated rings. The van der Waals surface area contributed by atoms with Crippen LogP contribution in [0.1, 0.15) is 32.3 Å². The predicted octanol–water partition coefficient (Wildman–Crippen LogP) is 2.61. The van der Waals surface area contributed by atoms with E-state index >= 15 is 0 Å². The van der Waals surface area contributed by atoms with Gasteiger partial charge in [0.05, 0.1) is 0 Å². The number of nitrogens with zero attached hydrogens (tertiary/aromatic N) is 1. The monoisotopic (exact) mass is 288 g/mol. The van der Waals surface area contributed by atoms with E-state index in [0.29, 0.717) is 5.92 Å². The van der Waals surface area contributed by atoms with Crippen molar-refractivity contribution >= 4 is 6.09 Å². The molecule has 2 aliphatic heterocycles. The van der Waals surface area contributed by atoms with E-state index in [1.54, 1.807) is 0 Å². The second-order valence-corrected chi connectivity index (χ2v) is 7.29. The highest BCUT2D eigenvalue weighted by molar-refractivity contribution is 5.69. The number of amides is 1. The highest BCUT2D eigenvalue weighted by atomic mass is 16.6. The lowest BCUT2D eigenvalue weighted by atomic mass is 9.69. The van der Waals surface area contributed by atoms with Crippen LogP contribution in [0.3, 0.4) is 0 Å². The predicted molar refractivity (Wildman–Crippen MR) is 82.3 cm³/mol. The van der Waals surface area contributed by atoms with E-state index < -0.39 is 5.60 Å². The Bertz CT molecular complexity index is 515. The fraction of sp³-hybridized carbons (Fsp3) is 0.588. The Kier molecular flexibility index (Phi) is 3.44. The quantitative estimate of drug-likeness (QED) is 0.863. The molecular formula is C17H24N2O2. The number of carbonyl (C=O) groups is 1. The number of hydrogen-bond donors (Lipinski definition) is 1. The molecule has 4 heteroatoms. The smallest absolute Gasteiger partial charge is 0.410 e. The van der Waals surface area contributed by atoms with Crippen molar-refractivity contribution < 1.29 is 9.53 Å². The van der Waals surface area contributed by atoms with Gasteiger partial charge in [-0.1, -0.05) is 30.3 Å². The van der Waals surface area contributed by atoms with Crippen LogP contribution < -0.4 is 5.32 Å². The van der Waals surface area contributed by atoms with Crippen molar-refractivity contribution in [3.8, 4) is 0 Å². The van der Waals surface area contributed by atoms with Gasteiger partial charge in [-0.15, -0.1) is 0 Å². The van der Waals surface area contributed by atoms with Crippen molar-refractivity contribution in [2.24, 2.45) is 5.41 Å². The van der Waals surface area contributed by atoms with Crippen LogP contribution in [-0.4, -0.2) is 42.8 Å². The van der Waals surface area contributed by atoms with Gasteiger partial charge < -0.3 is 15.0 Å². The van der Waals surface area contributed by atoms with Crippen molar-refractivity contribution in [3.05, 3.63) is 35.9 Å². The minimum Gasteiger partial charge on any atom is -0.444 e. The van der Waals surface area contributed by atoms with Crippen molar-refractivity contribution in [1.29, 1.82) is 0 Å². The first-order chi connectivity index (χ1) is 9.90. The maximum Gasteiger partial charge on any atom is 0.410 e. The first kappa shape index (κ1) is 14.4. The summed E-state index contributed by atoms with van der Waals surface area (Å²) in [7, 11) is 0. The van der Waals surface area contributed by atoms with E-state index in [1.165, 1.54) is 5.56 Å². The number of likely N-dealkylation sites (tertiary alicyclic amines) is 1. The number of rotatable bonds is 1. The fourth-order valence-electron chi connectivity index (χ4n) is 3.46. The van der Waals surface area contributed by atoms with E-state index in [9.17, 15) is 4.79 Å². The number of nitrogens with one attached hydrogen (secondary N) is 1. The zero-order chi connectivity index (χ0) is 15.1. The first-order valence-corrected chi connectivity index (χ1v) is 7.63. The fourth-order valence-corrected chi connectivity index (χ4v) is 3.46. The molecule has 1 unspecified atom stereocenters. The number of carbonyl (C=O) groups excluding carboxylic acids is 1. The Hall–Kier alpha value is -1.55. The van der Waals surface area contributed by atoms with Crippen molar-refractivity contribution in [3.63, 3.8) is 0 Å². The molecule has 2 saturated heterocycles. The van der Waals surface area contributed by atoms with Gasteiger partial charge in [-0.25, -0.2) is 4.79 Å². The SMILES string of the molecule is CC(C)(C)OC(=O)N1CC2(CNCC2c2ccccc2)C1. The van der Waals surface area contributed by atoms with Gasteiger partial charge in [0.25, 0.3) is 0 Å². The summed E-state index contributed by atoms with van der Waals surface area (Å²) in [5.41, 5.74) is 1.12. The molecule has 1 N–H and O–H groups in total. The van der Waals surface area contributed by atoms with Crippen molar-refractivity contribution in [2.45, 2.75) is 32.3 Å². The van der Waals surface area contributed by atoms with Crippen molar-refractivity contribution in [2.75, 3.05) is 26.2 Å². The Morgan fingerprint density at radius 3 is 2.57 bits per heavy atom. The largest absolute Gasteiger partial charge is 0.444 e. The molecule has 114 valence electrons. The minimum atomic E-state index is -0.424. The Labute approximate surface area is 126 Å². The lowest BCUT2D eigenvalue weighted by Gasteiger charge is -2.50. The van der Waals surface area contributed by atoms with Crippen LogP contribution in [0.15, 0.2) is 30.3 Å². The van der Waals surface area contributed by atoms with Crippen molar-refractivity contribution in [1.82, 2.24) is 10.2 Å². The lowest BCUT2D eigenvalue weighted by Crippen LogP contribution is -2.62. The standard InChI is InChI=1S/C17H24N2O2/c1-16(2,3)21-15(20)19-11-17(12-19)10-18-9-14(17)13-7-5-4-6-8-13/h4-8,14,18H,9-12H2,1-3H3. The molecule has 0 radical (unpaired) electrons. The first-order valence-electron chi connectivity index (χ1n) is 7.63. The molecule has 2 heterocycles. The van der Waals surface area contributed by atoms with Crippen LogP contribution >= 0.6 is 0 Å². The highest BCUT2D eigenvalue weighted by Gasteiger charge is 2.54. The molecule has 0 aromatic heterocycles. The lowest BCUT2D eigenvalue weighted by molar-refractivity contribution is -0.0328. The summed E-state index contributed by atoms with van der Waals surface area (Å²) in [4.78, 5) is 13.9. The summed E-state index contributed by atoms with van der Waals surface area (Å²) in [6.45, 7) is 9.26. The third-order valence-corrected chi connectivity index (χ3v) is 4.43. The van der Waals surface area contributed by atoms with Gasteiger partial charge in [-0.2, -0.15) is 0 Å². The van der Waals surface area contributed by atoms with E-state index in [1.807, 2.05) is 31.7 Å². The van der Waals surface area contributed by atoms with Gasteiger partial charge in [-0.05, 0) is 26.3 Å². The average molecular weight is 288 g/mol. The van der Waals surface area contributed by atoms with Gasteiger partial charge in [0.1, 0.15) is 5.60 Å². The van der Waals surface area contributed by atoms with Crippen LogP contribution in [0.25, 0.3) is 0 Å². The number of ether oxygens (including phenoxy) is 1. The maximum absolute atomic E-state index is 12.1. The summed E-state index contributed by atoms with van der Waals surface area (Å²) in [5, 5.41) is 3.49. The summed E-state index contributed by atoms with van der Waals surface area (Å²) >= 11 is 0. The molecule has 0 aliphatic carbocycles. The molecule has 0 bridgehead atoms. The molecule has 3 rings (SSSR count). The third kappa shape index (κ3) is 2.77. The second kappa shape index (κ2) is 5.02. The van der Waals surface area contributed by atoms with Crippen LogP contribution in [0.5, 0.6) is 0 Å². The third-order valence-electron chi connectivity index (χ3n) is 4.43. The molecule has 0 saturated carbocycles. The van der Waals surface area contributed by atoms with Gasteiger partial charge in [0, 0.05) is 37.5 Å². The van der Waals surface area contributed by atoms with Crippen LogP contribution in [-0.2, 0) is 4.74 Å². The number of hydrogen-bond acceptors (Lipinski definition) is 3. The van der Waals surface area contributed by atoms with Crippen LogP contribution in [0.2, 0.25) is 0 Å². The molecule has 4 nitrogen and oxygen atoms in total. The van der Waals surface area contributed by atoms with Gasteiger partial charge >= 0.3 is 6.09 Å². The van der Waals surface area contributed by atoms with E-state index in [2.05, 4.69) is 29.6 Å². The molecule has 1 amide bonds. The Morgan fingerprint density at radius 2 is 1.95 bits per heavy atom. The van der Waals surface area contributed by atoms with E-state index in [4.69, 9.17) is 4.74 Å². The summed E-state index contributed by atoms with van der Waals surface area (Å²) < 4.78 is 5.45. The molecule has 21 heavy (non-hydrogen) atoms. The molecule has 1 aromatic rings. The molecule has 1 atom stereocenters. The minimum absolute atomic E-state index is 0.179. The van der Waals surface area contributed by atoms with Crippen LogP contribution in [0, 0.1) is 5.41 Å². The Balaban J connectivity index is 1.67. The summed E-state index contributed by atoms with van der Waals surface area (Å²) in [6, 6.07) is 10.6. The van der Waals surface area contributed by atoms with E-state index in [0.717, 1.165) is 26.2 Å². The zero-order valence-corrected chi connectivity index (χ0v) is 13.1. The average Bonchev–Trinajstić information content (AvgIpc) is 2.80.